The van der Waals surface area contributed by atoms with Crippen molar-refractivity contribution < 1.29 is 19.0 Å². The van der Waals surface area contributed by atoms with Crippen molar-refractivity contribution in [2.24, 2.45) is 0 Å². The predicted molar refractivity (Wildman–Crippen MR) is 87.0 cm³/mol. The molecule has 0 aliphatic heterocycles. The monoisotopic (exact) mass is 316 g/mol. The summed E-state index contributed by atoms with van der Waals surface area (Å²) >= 11 is 0. The van der Waals surface area contributed by atoms with E-state index in [0.29, 0.717) is 30.2 Å². The van der Waals surface area contributed by atoms with E-state index in [-0.39, 0.29) is 5.91 Å². The molecule has 1 heterocycles. The average molecular weight is 316 g/mol. The van der Waals surface area contributed by atoms with E-state index in [1.54, 1.807) is 33.6 Å². The highest BCUT2D eigenvalue weighted by Gasteiger charge is 2.14. The number of carbonyl (C=O) groups excluding carboxylic acids is 1. The van der Waals surface area contributed by atoms with Crippen molar-refractivity contribution >= 4 is 5.91 Å². The van der Waals surface area contributed by atoms with Gasteiger partial charge in [-0.05, 0) is 18.2 Å². The van der Waals surface area contributed by atoms with Gasteiger partial charge in [0.1, 0.15) is 11.5 Å². The number of pyridine rings is 1. The third-order valence-electron chi connectivity index (χ3n) is 3.31. The van der Waals surface area contributed by atoms with Gasteiger partial charge >= 0.3 is 0 Å². The van der Waals surface area contributed by atoms with Gasteiger partial charge in [0.15, 0.2) is 0 Å². The summed E-state index contributed by atoms with van der Waals surface area (Å²) < 4.78 is 15.7. The molecule has 2 rings (SSSR count). The molecule has 0 saturated carbocycles. The molecule has 23 heavy (non-hydrogen) atoms. The van der Waals surface area contributed by atoms with Crippen LogP contribution in [0.25, 0.3) is 11.1 Å². The molecule has 6 heteroatoms. The zero-order valence-electron chi connectivity index (χ0n) is 13.5. The number of methoxy groups -OCH3 is 3. The number of rotatable bonds is 7. The molecule has 122 valence electrons. The SMILES string of the molecule is COCCNC(=O)c1cncc(-c2c(OC)cccc2OC)c1. The fourth-order valence-corrected chi connectivity index (χ4v) is 2.21. The number of benzene rings is 1. The van der Waals surface area contributed by atoms with Gasteiger partial charge in [-0.1, -0.05) is 6.07 Å². The highest BCUT2D eigenvalue weighted by molar-refractivity contribution is 5.95. The van der Waals surface area contributed by atoms with E-state index in [1.165, 1.54) is 6.20 Å². The standard InChI is InChI=1S/C17H20N2O4/c1-21-8-7-19-17(20)13-9-12(10-18-11-13)16-14(22-2)5-4-6-15(16)23-3/h4-6,9-11H,7-8H2,1-3H3,(H,19,20). The molecule has 1 amide bonds. The molecule has 0 radical (unpaired) electrons. The van der Waals surface area contributed by atoms with Crippen LogP contribution in [0.1, 0.15) is 10.4 Å². The van der Waals surface area contributed by atoms with E-state index in [1.807, 2.05) is 18.2 Å². The van der Waals surface area contributed by atoms with E-state index in [2.05, 4.69) is 10.3 Å². The largest absolute Gasteiger partial charge is 0.496 e. The van der Waals surface area contributed by atoms with Crippen LogP contribution in [0.5, 0.6) is 11.5 Å². The van der Waals surface area contributed by atoms with Crippen LogP contribution in [0, 0.1) is 0 Å². The number of ether oxygens (including phenoxy) is 3. The summed E-state index contributed by atoms with van der Waals surface area (Å²) in [6, 6.07) is 7.28. The first-order valence-electron chi connectivity index (χ1n) is 7.14. The highest BCUT2D eigenvalue weighted by atomic mass is 16.5. The lowest BCUT2D eigenvalue weighted by Gasteiger charge is -2.13. The van der Waals surface area contributed by atoms with Crippen LogP contribution in [0.3, 0.4) is 0 Å². The average Bonchev–Trinajstić information content (AvgIpc) is 2.61. The smallest absolute Gasteiger partial charge is 0.252 e. The summed E-state index contributed by atoms with van der Waals surface area (Å²) in [6.45, 7) is 0.900. The van der Waals surface area contributed by atoms with Crippen LogP contribution in [-0.4, -0.2) is 45.4 Å². The fraction of sp³-hybridized carbons (Fsp3) is 0.294. The Balaban J connectivity index is 2.35. The van der Waals surface area contributed by atoms with Crippen molar-refractivity contribution in [3.8, 4) is 22.6 Å². The predicted octanol–water partition coefficient (Wildman–Crippen LogP) is 2.14. The summed E-state index contributed by atoms with van der Waals surface area (Å²) in [4.78, 5) is 16.3. The quantitative estimate of drug-likeness (QED) is 0.793. The van der Waals surface area contributed by atoms with Crippen LogP contribution in [-0.2, 0) is 4.74 Å². The van der Waals surface area contributed by atoms with Gasteiger partial charge in [-0.25, -0.2) is 0 Å². The van der Waals surface area contributed by atoms with E-state index >= 15 is 0 Å². The Morgan fingerprint density at radius 1 is 1.13 bits per heavy atom. The summed E-state index contributed by atoms with van der Waals surface area (Å²) in [6.07, 6.45) is 3.19. The lowest BCUT2D eigenvalue weighted by Crippen LogP contribution is -2.27. The molecular weight excluding hydrogens is 296 g/mol. The van der Waals surface area contributed by atoms with Crippen molar-refractivity contribution in [2.75, 3.05) is 34.5 Å². The fourth-order valence-electron chi connectivity index (χ4n) is 2.21. The maximum absolute atomic E-state index is 12.1. The van der Waals surface area contributed by atoms with Gasteiger partial charge in [0.05, 0.1) is 32.0 Å². The van der Waals surface area contributed by atoms with Gasteiger partial charge in [0.25, 0.3) is 5.91 Å². The Morgan fingerprint density at radius 3 is 2.43 bits per heavy atom. The normalized spacial score (nSPS) is 10.2. The van der Waals surface area contributed by atoms with E-state index < -0.39 is 0 Å². The number of amides is 1. The number of carbonyl (C=O) groups is 1. The maximum Gasteiger partial charge on any atom is 0.252 e. The summed E-state index contributed by atoms with van der Waals surface area (Å²) in [5.74, 6) is 1.11. The highest BCUT2D eigenvalue weighted by Crippen LogP contribution is 2.38. The second-order valence-corrected chi connectivity index (χ2v) is 4.75. The van der Waals surface area contributed by atoms with Crippen molar-refractivity contribution in [2.45, 2.75) is 0 Å². The summed E-state index contributed by atoms with van der Waals surface area (Å²) in [7, 11) is 4.77. The van der Waals surface area contributed by atoms with Crippen molar-refractivity contribution in [3.05, 3.63) is 42.2 Å². The minimum absolute atomic E-state index is 0.203. The van der Waals surface area contributed by atoms with Gasteiger partial charge in [-0.3, -0.25) is 9.78 Å². The Morgan fingerprint density at radius 2 is 1.83 bits per heavy atom. The van der Waals surface area contributed by atoms with Crippen LogP contribution in [0.2, 0.25) is 0 Å². The molecule has 0 saturated heterocycles. The topological polar surface area (TPSA) is 69.7 Å². The molecule has 0 aliphatic carbocycles. The summed E-state index contributed by atoms with van der Waals surface area (Å²) in [5.41, 5.74) is 1.97. The number of nitrogens with one attached hydrogen (secondary N) is 1. The lowest BCUT2D eigenvalue weighted by atomic mass is 10.0. The molecule has 1 N–H and O–H groups in total. The number of aromatic nitrogens is 1. The first-order chi connectivity index (χ1) is 11.2. The second kappa shape index (κ2) is 8.14. The molecule has 1 aromatic carbocycles. The van der Waals surface area contributed by atoms with Gasteiger partial charge < -0.3 is 19.5 Å². The minimum atomic E-state index is -0.203. The van der Waals surface area contributed by atoms with Crippen LogP contribution >= 0.6 is 0 Å². The molecule has 0 spiro atoms. The Labute approximate surface area is 135 Å². The minimum Gasteiger partial charge on any atom is -0.496 e. The van der Waals surface area contributed by atoms with Crippen molar-refractivity contribution in [3.63, 3.8) is 0 Å². The molecule has 0 aliphatic rings. The van der Waals surface area contributed by atoms with Crippen LogP contribution in [0.4, 0.5) is 0 Å². The van der Waals surface area contributed by atoms with Crippen LogP contribution in [0.15, 0.2) is 36.7 Å². The summed E-state index contributed by atoms with van der Waals surface area (Å²) in [5, 5.41) is 2.77. The number of hydrogen-bond donors (Lipinski definition) is 1. The molecule has 6 nitrogen and oxygen atoms in total. The molecule has 0 fully saturated rings. The molecule has 0 bridgehead atoms. The molecule has 0 unspecified atom stereocenters. The van der Waals surface area contributed by atoms with E-state index in [0.717, 1.165) is 11.1 Å². The van der Waals surface area contributed by atoms with E-state index in [4.69, 9.17) is 14.2 Å². The first-order valence-corrected chi connectivity index (χ1v) is 7.14. The zero-order chi connectivity index (χ0) is 16.7. The third kappa shape index (κ3) is 3.98. The Kier molecular flexibility index (Phi) is 5.94. The van der Waals surface area contributed by atoms with Crippen molar-refractivity contribution in [1.82, 2.24) is 10.3 Å². The molecular formula is C17H20N2O4. The second-order valence-electron chi connectivity index (χ2n) is 4.75. The molecule has 1 aromatic heterocycles. The van der Waals surface area contributed by atoms with Gasteiger partial charge in [-0.2, -0.15) is 0 Å². The van der Waals surface area contributed by atoms with E-state index in [9.17, 15) is 4.79 Å². The lowest BCUT2D eigenvalue weighted by molar-refractivity contribution is 0.0937. The molecule has 2 aromatic rings. The van der Waals surface area contributed by atoms with Crippen molar-refractivity contribution in [1.29, 1.82) is 0 Å². The molecule has 0 atom stereocenters. The van der Waals surface area contributed by atoms with Gasteiger partial charge in [0.2, 0.25) is 0 Å². The third-order valence-corrected chi connectivity index (χ3v) is 3.31. The van der Waals surface area contributed by atoms with Gasteiger partial charge in [-0.15, -0.1) is 0 Å². The maximum atomic E-state index is 12.1. The first kappa shape index (κ1) is 16.8. The Hall–Kier alpha value is -2.60. The van der Waals surface area contributed by atoms with Crippen LogP contribution < -0.4 is 14.8 Å². The zero-order valence-corrected chi connectivity index (χ0v) is 13.5. The van der Waals surface area contributed by atoms with Gasteiger partial charge in [0, 0.05) is 31.6 Å². The number of nitrogens with zero attached hydrogens (tertiary/aromatic N) is 1. The Bertz CT molecular complexity index is 651. The number of hydrogen-bond acceptors (Lipinski definition) is 5.